The average molecular weight is 417 g/mol. The molecule has 6 heteroatoms. The van der Waals surface area contributed by atoms with Gasteiger partial charge in [0.25, 0.3) is 0 Å². The minimum atomic E-state index is -0.127. The molecule has 0 saturated heterocycles. The fraction of sp³-hybridized carbons (Fsp3) is 0.913. The number of esters is 2. The van der Waals surface area contributed by atoms with Gasteiger partial charge < -0.3 is 18.9 Å². The number of hydrogen-bond acceptors (Lipinski definition) is 6. The molecule has 0 heterocycles. The van der Waals surface area contributed by atoms with Gasteiger partial charge in [0.1, 0.15) is 13.2 Å². The van der Waals surface area contributed by atoms with Crippen molar-refractivity contribution in [2.45, 2.75) is 97.3 Å². The summed E-state index contributed by atoms with van der Waals surface area (Å²) in [5.74, 6) is -0.253. The lowest BCUT2D eigenvalue weighted by Crippen LogP contribution is -2.11. The number of ether oxygens (including phenoxy) is 4. The van der Waals surface area contributed by atoms with Crippen LogP contribution in [-0.4, -0.2) is 51.6 Å². The van der Waals surface area contributed by atoms with Crippen LogP contribution in [0.25, 0.3) is 0 Å². The van der Waals surface area contributed by atoms with Crippen LogP contribution in [0.2, 0.25) is 0 Å². The molecule has 0 aliphatic rings. The quantitative estimate of drug-likeness (QED) is 0.178. The van der Waals surface area contributed by atoms with Crippen molar-refractivity contribution in [3.63, 3.8) is 0 Å². The summed E-state index contributed by atoms with van der Waals surface area (Å²) in [6, 6.07) is 0. The molecule has 6 nitrogen and oxygen atoms in total. The first kappa shape index (κ1) is 27.9. The summed E-state index contributed by atoms with van der Waals surface area (Å²) >= 11 is 0. The molecule has 29 heavy (non-hydrogen) atoms. The van der Waals surface area contributed by atoms with E-state index in [0.29, 0.717) is 39.3 Å². The van der Waals surface area contributed by atoms with Gasteiger partial charge in [-0.25, -0.2) is 0 Å². The number of hydrogen-bond donors (Lipinski definition) is 0. The molecule has 172 valence electrons. The minimum absolute atomic E-state index is 0.127. The Labute approximate surface area is 178 Å². The maximum Gasteiger partial charge on any atom is 0.305 e. The van der Waals surface area contributed by atoms with E-state index in [9.17, 15) is 9.59 Å². The molecule has 0 bridgehead atoms. The molecule has 0 aliphatic heterocycles. The van der Waals surface area contributed by atoms with Crippen molar-refractivity contribution >= 4 is 11.9 Å². The van der Waals surface area contributed by atoms with Crippen molar-refractivity contribution in [2.75, 3.05) is 39.6 Å². The molecule has 0 spiro atoms. The van der Waals surface area contributed by atoms with E-state index in [-0.39, 0.29) is 11.9 Å². The summed E-state index contributed by atoms with van der Waals surface area (Å²) in [5.41, 5.74) is 0. The molecule has 0 radical (unpaired) electrons. The third kappa shape index (κ3) is 23.0. The number of unbranched alkanes of at least 4 members (excludes halogenated alkanes) is 8. The molecule has 0 aliphatic carbocycles. The predicted octanol–water partition coefficient (Wildman–Crippen LogP) is 5.22. The number of carbonyl (C=O) groups is 2. The molecule has 0 amide bonds. The van der Waals surface area contributed by atoms with Gasteiger partial charge >= 0.3 is 11.9 Å². The highest BCUT2D eigenvalue weighted by Gasteiger charge is 2.04. The summed E-state index contributed by atoms with van der Waals surface area (Å²) in [7, 11) is 0. The highest BCUT2D eigenvalue weighted by Crippen LogP contribution is 2.10. The Morgan fingerprint density at radius 2 is 0.862 bits per heavy atom. The van der Waals surface area contributed by atoms with Crippen LogP contribution in [0.3, 0.4) is 0 Å². The lowest BCUT2D eigenvalue weighted by Gasteiger charge is -2.06. The van der Waals surface area contributed by atoms with E-state index in [4.69, 9.17) is 18.9 Å². The Morgan fingerprint density at radius 1 is 0.483 bits per heavy atom. The summed E-state index contributed by atoms with van der Waals surface area (Å²) in [4.78, 5) is 23.2. The molecule has 0 aromatic rings. The van der Waals surface area contributed by atoms with E-state index in [0.717, 1.165) is 83.8 Å². The van der Waals surface area contributed by atoms with Gasteiger partial charge in [0.2, 0.25) is 0 Å². The Morgan fingerprint density at radius 3 is 1.24 bits per heavy atom. The minimum Gasteiger partial charge on any atom is -0.463 e. The predicted molar refractivity (Wildman–Crippen MR) is 115 cm³/mol. The highest BCUT2D eigenvalue weighted by atomic mass is 16.6. The van der Waals surface area contributed by atoms with Gasteiger partial charge in [0.05, 0.1) is 13.2 Å². The van der Waals surface area contributed by atoms with Crippen LogP contribution in [0.1, 0.15) is 97.3 Å². The lowest BCUT2D eigenvalue weighted by molar-refractivity contribution is -0.146. The van der Waals surface area contributed by atoms with E-state index >= 15 is 0 Å². The first-order chi connectivity index (χ1) is 14.2. The van der Waals surface area contributed by atoms with Crippen molar-refractivity contribution in [2.24, 2.45) is 0 Å². The van der Waals surface area contributed by atoms with E-state index < -0.39 is 0 Å². The van der Waals surface area contributed by atoms with Crippen molar-refractivity contribution in [3.05, 3.63) is 0 Å². The molecule has 0 aromatic carbocycles. The van der Waals surface area contributed by atoms with Crippen molar-refractivity contribution in [3.8, 4) is 0 Å². The van der Waals surface area contributed by atoms with E-state index in [1.807, 2.05) is 0 Å². The fourth-order valence-electron chi connectivity index (χ4n) is 2.69. The van der Waals surface area contributed by atoms with E-state index in [1.165, 1.54) is 0 Å². The summed E-state index contributed by atoms with van der Waals surface area (Å²) in [5, 5.41) is 0. The highest BCUT2D eigenvalue weighted by molar-refractivity contribution is 5.69. The third-order valence-electron chi connectivity index (χ3n) is 4.53. The Kier molecular flexibility index (Phi) is 22.2. The van der Waals surface area contributed by atoms with Crippen LogP contribution >= 0.6 is 0 Å². The van der Waals surface area contributed by atoms with Crippen molar-refractivity contribution in [1.29, 1.82) is 0 Å². The SMILES string of the molecule is CCCCOCCOC(=O)CCCCCCCCCC(=O)OCCOCCCC. The van der Waals surface area contributed by atoms with Crippen molar-refractivity contribution in [1.82, 2.24) is 0 Å². The van der Waals surface area contributed by atoms with E-state index in [1.54, 1.807) is 0 Å². The maximum absolute atomic E-state index is 11.6. The zero-order valence-electron chi connectivity index (χ0n) is 18.9. The smallest absolute Gasteiger partial charge is 0.305 e. The average Bonchev–Trinajstić information content (AvgIpc) is 2.71. The van der Waals surface area contributed by atoms with Crippen LogP contribution < -0.4 is 0 Å². The fourth-order valence-corrected chi connectivity index (χ4v) is 2.69. The van der Waals surface area contributed by atoms with Crippen LogP contribution in [0.5, 0.6) is 0 Å². The third-order valence-corrected chi connectivity index (χ3v) is 4.53. The van der Waals surface area contributed by atoms with Gasteiger partial charge in [-0.05, 0) is 25.7 Å². The molecule has 0 N–H and O–H groups in total. The van der Waals surface area contributed by atoms with Crippen LogP contribution in [0.15, 0.2) is 0 Å². The molecule has 0 fully saturated rings. The first-order valence-corrected chi connectivity index (χ1v) is 11.7. The standard InChI is InChI=1S/C23H44O6/c1-3-5-16-26-18-20-28-22(24)14-12-10-8-7-9-11-13-15-23(25)29-21-19-27-17-6-4-2/h3-21H2,1-2H3. The van der Waals surface area contributed by atoms with Gasteiger partial charge in [-0.15, -0.1) is 0 Å². The second-order valence-electron chi connectivity index (χ2n) is 7.35. The number of carbonyl (C=O) groups excluding carboxylic acids is 2. The summed E-state index contributed by atoms with van der Waals surface area (Å²) in [6.07, 6.45) is 12.5. The zero-order chi connectivity index (χ0) is 21.4. The van der Waals surface area contributed by atoms with Gasteiger partial charge in [-0.3, -0.25) is 9.59 Å². The first-order valence-electron chi connectivity index (χ1n) is 11.7. The van der Waals surface area contributed by atoms with Crippen LogP contribution in [0, 0.1) is 0 Å². The molecule has 0 aromatic heterocycles. The van der Waals surface area contributed by atoms with Gasteiger partial charge in [0.15, 0.2) is 0 Å². The Hall–Kier alpha value is -1.14. The topological polar surface area (TPSA) is 71.1 Å². The maximum atomic E-state index is 11.6. The number of rotatable bonds is 22. The van der Waals surface area contributed by atoms with E-state index in [2.05, 4.69) is 13.8 Å². The zero-order valence-corrected chi connectivity index (χ0v) is 18.9. The lowest BCUT2D eigenvalue weighted by atomic mass is 10.1. The second kappa shape index (κ2) is 23.1. The summed E-state index contributed by atoms with van der Waals surface area (Å²) in [6.45, 7) is 7.42. The molecule has 0 saturated carbocycles. The van der Waals surface area contributed by atoms with Crippen molar-refractivity contribution < 1.29 is 28.5 Å². The molecule has 0 rings (SSSR count). The summed E-state index contributed by atoms with van der Waals surface area (Å²) < 4.78 is 21.0. The largest absolute Gasteiger partial charge is 0.463 e. The molecular formula is C23H44O6. The van der Waals surface area contributed by atoms with Crippen LogP contribution in [-0.2, 0) is 28.5 Å². The normalized spacial score (nSPS) is 10.8. The molecule has 0 unspecified atom stereocenters. The molecule has 0 atom stereocenters. The second-order valence-corrected chi connectivity index (χ2v) is 7.35. The van der Waals surface area contributed by atoms with Gasteiger partial charge in [-0.2, -0.15) is 0 Å². The van der Waals surface area contributed by atoms with Gasteiger partial charge in [0, 0.05) is 26.1 Å². The Balaban J connectivity index is 3.24. The van der Waals surface area contributed by atoms with Gasteiger partial charge in [-0.1, -0.05) is 58.8 Å². The Bertz CT molecular complexity index is 338. The molecular weight excluding hydrogens is 372 g/mol. The van der Waals surface area contributed by atoms with Crippen LogP contribution in [0.4, 0.5) is 0 Å². The monoisotopic (exact) mass is 416 g/mol.